The molecule has 0 unspecified atom stereocenters. The van der Waals surface area contributed by atoms with E-state index in [9.17, 15) is 4.79 Å². The van der Waals surface area contributed by atoms with Crippen LogP contribution in [0.2, 0.25) is 5.02 Å². The number of pyridine rings is 1. The second-order valence-corrected chi connectivity index (χ2v) is 5.13. The number of amides is 1. The Balaban J connectivity index is 2.16. The summed E-state index contributed by atoms with van der Waals surface area (Å²) in [5.74, 6) is 0.189. The number of rotatable bonds is 2. The first-order valence-corrected chi connectivity index (χ1v) is 6.50. The van der Waals surface area contributed by atoms with E-state index < -0.39 is 0 Å². The molecule has 1 aromatic carbocycles. The summed E-state index contributed by atoms with van der Waals surface area (Å²) in [4.78, 5) is 15.9. The molecule has 1 aromatic heterocycles. The van der Waals surface area contributed by atoms with E-state index in [0.717, 1.165) is 3.57 Å². The molecule has 0 aliphatic carbocycles. The fourth-order valence-electron chi connectivity index (χ4n) is 1.31. The summed E-state index contributed by atoms with van der Waals surface area (Å²) in [5.41, 5.74) is 6.54. The highest BCUT2D eigenvalue weighted by atomic mass is 127. The summed E-state index contributed by atoms with van der Waals surface area (Å²) in [5, 5.41) is 3.21. The molecule has 0 fully saturated rings. The van der Waals surface area contributed by atoms with Crippen molar-refractivity contribution in [3.63, 3.8) is 0 Å². The number of nitrogen functional groups attached to an aromatic ring is 1. The first-order chi connectivity index (χ1) is 8.56. The fraction of sp³-hybridized carbons (Fsp3) is 0. The number of carbonyl (C=O) groups is 1. The smallest absolute Gasteiger partial charge is 0.256 e. The van der Waals surface area contributed by atoms with Gasteiger partial charge in [0.1, 0.15) is 5.82 Å². The average molecular weight is 374 g/mol. The van der Waals surface area contributed by atoms with Gasteiger partial charge in [0, 0.05) is 9.13 Å². The normalized spacial score (nSPS) is 10.1. The molecular weight excluding hydrogens is 365 g/mol. The van der Waals surface area contributed by atoms with Crippen LogP contribution >= 0.6 is 34.2 Å². The van der Waals surface area contributed by atoms with E-state index in [1.165, 1.54) is 6.20 Å². The van der Waals surface area contributed by atoms with Gasteiger partial charge in [0.05, 0.1) is 16.9 Å². The molecule has 0 atom stereocenters. The SMILES string of the molecule is Nc1ccc(NC(=O)c2ccc(I)c(Cl)c2)nc1. The van der Waals surface area contributed by atoms with Gasteiger partial charge in [-0.25, -0.2) is 4.98 Å². The monoisotopic (exact) mass is 373 g/mol. The molecule has 92 valence electrons. The van der Waals surface area contributed by atoms with E-state index in [1.54, 1.807) is 30.3 Å². The third kappa shape index (κ3) is 3.11. The molecule has 18 heavy (non-hydrogen) atoms. The van der Waals surface area contributed by atoms with Gasteiger partial charge in [-0.3, -0.25) is 4.79 Å². The third-order valence-corrected chi connectivity index (χ3v) is 3.78. The number of hydrogen-bond donors (Lipinski definition) is 2. The van der Waals surface area contributed by atoms with E-state index in [0.29, 0.717) is 22.1 Å². The summed E-state index contributed by atoms with van der Waals surface area (Å²) in [6, 6.07) is 8.43. The van der Waals surface area contributed by atoms with Gasteiger partial charge < -0.3 is 11.1 Å². The fourth-order valence-corrected chi connectivity index (χ4v) is 1.82. The van der Waals surface area contributed by atoms with Gasteiger partial charge in [0.25, 0.3) is 5.91 Å². The molecule has 0 bridgehead atoms. The lowest BCUT2D eigenvalue weighted by Gasteiger charge is -2.05. The maximum absolute atomic E-state index is 11.9. The molecule has 1 amide bonds. The molecular formula is C12H9ClIN3O. The minimum absolute atomic E-state index is 0.259. The van der Waals surface area contributed by atoms with Crippen LogP contribution in [0.1, 0.15) is 10.4 Å². The zero-order valence-electron chi connectivity index (χ0n) is 9.15. The van der Waals surface area contributed by atoms with Gasteiger partial charge >= 0.3 is 0 Å². The summed E-state index contributed by atoms with van der Waals surface area (Å²) in [6.45, 7) is 0. The standard InChI is InChI=1S/C12H9ClIN3O/c13-9-5-7(1-3-10(9)14)12(18)17-11-4-2-8(15)6-16-11/h1-6H,15H2,(H,16,17,18). The topological polar surface area (TPSA) is 68.0 Å². The summed E-state index contributed by atoms with van der Waals surface area (Å²) in [6.07, 6.45) is 1.48. The van der Waals surface area contributed by atoms with Crippen molar-refractivity contribution in [1.82, 2.24) is 4.98 Å². The summed E-state index contributed by atoms with van der Waals surface area (Å²) in [7, 11) is 0. The van der Waals surface area contributed by atoms with Crippen LogP contribution in [0.4, 0.5) is 11.5 Å². The van der Waals surface area contributed by atoms with Crippen molar-refractivity contribution in [3.05, 3.63) is 50.7 Å². The van der Waals surface area contributed by atoms with Crippen molar-refractivity contribution in [2.24, 2.45) is 0 Å². The van der Waals surface area contributed by atoms with Gasteiger partial charge in [0.2, 0.25) is 0 Å². The zero-order chi connectivity index (χ0) is 13.1. The highest BCUT2D eigenvalue weighted by molar-refractivity contribution is 14.1. The lowest BCUT2D eigenvalue weighted by Crippen LogP contribution is -2.13. The Morgan fingerprint density at radius 1 is 1.33 bits per heavy atom. The average Bonchev–Trinajstić information content (AvgIpc) is 2.35. The lowest BCUT2D eigenvalue weighted by atomic mass is 10.2. The van der Waals surface area contributed by atoms with Crippen LogP contribution in [0.25, 0.3) is 0 Å². The van der Waals surface area contributed by atoms with Crippen molar-refractivity contribution >= 4 is 51.6 Å². The quantitative estimate of drug-likeness (QED) is 0.795. The van der Waals surface area contributed by atoms with Gasteiger partial charge in [0.15, 0.2) is 0 Å². The predicted molar refractivity (Wildman–Crippen MR) is 80.8 cm³/mol. The number of hydrogen-bond acceptors (Lipinski definition) is 3. The highest BCUT2D eigenvalue weighted by Gasteiger charge is 2.08. The Bertz CT molecular complexity index is 586. The van der Waals surface area contributed by atoms with Crippen LogP contribution in [-0.2, 0) is 0 Å². The van der Waals surface area contributed by atoms with E-state index >= 15 is 0 Å². The van der Waals surface area contributed by atoms with E-state index in [2.05, 4.69) is 32.9 Å². The molecule has 3 N–H and O–H groups in total. The van der Waals surface area contributed by atoms with Crippen molar-refractivity contribution in [2.45, 2.75) is 0 Å². The molecule has 4 nitrogen and oxygen atoms in total. The molecule has 2 aromatic rings. The first-order valence-electron chi connectivity index (χ1n) is 5.04. The van der Waals surface area contributed by atoms with Gasteiger partial charge in [-0.2, -0.15) is 0 Å². The third-order valence-electron chi connectivity index (χ3n) is 2.21. The number of nitrogens with one attached hydrogen (secondary N) is 1. The Kier molecular flexibility index (Phi) is 4.03. The molecule has 6 heteroatoms. The minimum Gasteiger partial charge on any atom is -0.397 e. The maximum atomic E-state index is 11.9. The molecule has 0 saturated heterocycles. The second-order valence-electron chi connectivity index (χ2n) is 3.56. The number of anilines is 2. The molecule has 0 aliphatic heterocycles. The molecule has 1 heterocycles. The summed E-state index contributed by atoms with van der Waals surface area (Å²) < 4.78 is 0.899. The number of halogens is 2. The molecule has 0 aliphatic rings. The predicted octanol–water partition coefficient (Wildman–Crippen LogP) is 3.17. The molecule has 0 spiro atoms. The maximum Gasteiger partial charge on any atom is 0.256 e. The van der Waals surface area contributed by atoms with Crippen LogP contribution in [0, 0.1) is 3.57 Å². The number of nitrogens with zero attached hydrogens (tertiary/aromatic N) is 1. The lowest BCUT2D eigenvalue weighted by molar-refractivity contribution is 0.102. The van der Waals surface area contributed by atoms with Crippen molar-refractivity contribution in [3.8, 4) is 0 Å². The van der Waals surface area contributed by atoms with E-state index in [4.69, 9.17) is 17.3 Å². The number of benzene rings is 1. The van der Waals surface area contributed by atoms with E-state index in [1.807, 2.05) is 0 Å². The van der Waals surface area contributed by atoms with Gasteiger partial charge in [-0.05, 0) is 52.9 Å². The molecule has 0 radical (unpaired) electrons. The number of aromatic nitrogens is 1. The Morgan fingerprint density at radius 3 is 2.72 bits per heavy atom. The van der Waals surface area contributed by atoms with Crippen LogP contribution in [-0.4, -0.2) is 10.9 Å². The van der Waals surface area contributed by atoms with Crippen LogP contribution in [0.5, 0.6) is 0 Å². The Labute approximate surface area is 123 Å². The van der Waals surface area contributed by atoms with E-state index in [-0.39, 0.29) is 5.91 Å². The minimum atomic E-state index is -0.259. The van der Waals surface area contributed by atoms with Crippen molar-refractivity contribution in [1.29, 1.82) is 0 Å². The van der Waals surface area contributed by atoms with Crippen LogP contribution in [0.15, 0.2) is 36.5 Å². The van der Waals surface area contributed by atoms with Gasteiger partial charge in [-0.1, -0.05) is 11.6 Å². The van der Waals surface area contributed by atoms with Gasteiger partial charge in [-0.15, -0.1) is 0 Å². The number of nitrogens with two attached hydrogens (primary N) is 1. The largest absolute Gasteiger partial charge is 0.397 e. The second kappa shape index (κ2) is 5.53. The van der Waals surface area contributed by atoms with Crippen LogP contribution < -0.4 is 11.1 Å². The first kappa shape index (κ1) is 13.1. The molecule has 2 rings (SSSR count). The van der Waals surface area contributed by atoms with Crippen LogP contribution in [0.3, 0.4) is 0 Å². The molecule has 0 saturated carbocycles. The summed E-state index contributed by atoms with van der Waals surface area (Å²) >= 11 is 8.06. The Morgan fingerprint density at radius 2 is 2.11 bits per heavy atom. The Hall–Kier alpha value is -1.34. The van der Waals surface area contributed by atoms with Crippen molar-refractivity contribution < 1.29 is 4.79 Å². The number of carbonyl (C=O) groups excluding carboxylic acids is 1. The zero-order valence-corrected chi connectivity index (χ0v) is 12.1. The van der Waals surface area contributed by atoms with Crippen molar-refractivity contribution in [2.75, 3.05) is 11.1 Å². The highest BCUT2D eigenvalue weighted by Crippen LogP contribution is 2.20.